The van der Waals surface area contributed by atoms with Crippen LogP contribution in [-0.2, 0) is 4.79 Å². The van der Waals surface area contributed by atoms with Gasteiger partial charge in [0.25, 0.3) is 5.91 Å². The lowest BCUT2D eigenvalue weighted by molar-refractivity contribution is -0.124. The van der Waals surface area contributed by atoms with Gasteiger partial charge in [0, 0.05) is 24.2 Å². The lowest BCUT2D eigenvalue weighted by atomic mass is 9.89. The normalized spacial score (nSPS) is 24.8. The van der Waals surface area contributed by atoms with E-state index in [2.05, 4.69) is 39.3 Å². The van der Waals surface area contributed by atoms with Crippen LogP contribution < -0.4 is 15.5 Å². The Morgan fingerprint density at radius 1 is 1.32 bits per heavy atom. The van der Waals surface area contributed by atoms with E-state index in [-0.39, 0.29) is 11.8 Å². The van der Waals surface area contributed by atoms with Crippen molar-refractivity contribution < 1.29 is 9.59 Å². The first-order valence-electron chi connectivity index (χ1n) is 7.64. The molecule has 1 aromatic heterocycles. The number of carbonyl (C=O) groups is 2. The Morgan fingerprint density at radius 3 is 2.73 bits per heavy atom. The number of hydrogen-bond donors (Lipinski definition) is 2. The van der Waals surface area contributed by atoms with Gasteiger partial charge in [-0.2, -0.15) is 0 Å². The number of carbonyl (C=O) groups excluding carboxylic acids is 2. The second kappa shape index (κ2) is 5.23. The molecular weight excluding hydrogens is 282 g/mol. The number of urea groups is 1. The second-order valence-corrected chi connectivity index (χ2v) is 6.40. The molecule has 1 atom stereocenters. The summed E-state index contributed by atoms with van der Waals surface area (Å²) in [6.07, 6.45) is 1.48. The standard InChI is InChI=1S/C15H21N5O2/c1-9(2)12-16-10(3)7-11(17-12)20-6-4-5-15(8-20)13(21)18-14(22)19-15/h7,9H,4-6,8H2,1-3H3,(H2,18,19,21,22). The summed E-state index contributed by atoms with van der Waals surface area (Å²) in [4.78, 5) is 34.8. The monoisotopic (exact) mass is 303 g/mol. The van der Waals surface area contributed by atoms with Gasteiger partial charge in [0.15, 0.2) is 0 Å². The Labute approximate surface area is 129 Å². The van der Waals surface area contributed by atoms with E-state index in [1.807, 2.05) is 13.0 Å². The van der Waals surface area contributed by atoms with Crippen LogP contribution in [0.4, 0.5) is 10.6 Å². The Bertz CT molecular complexity index is 630. The quantitative estimate of drug-likeness (QED) is 0.799. The second-order valence-electron chi connectivity index (χ2n) is 6.40. The summed E-state index contributed by atoms with van der Waals surface area (Å²) in [5, 5.41) is 5.13. The predicted octanol–water partition coefficient (Wildman–Crippen LogP) is 1.09. The topological polar surface area (TPSA) is 87.2 Å². The van der Waals surface area contributed by atoms with Gasteiger partial charge in [0.2, 0.25) is 0 Å². The summed E-state index contributed by atoms with van der Waals surface area (Å²) in [6, 6.07) is 1.52. The number of piperidine rings is 1. The van der Waals surface area contributed by atoms with E-state index in [4.69, 9.17) is 0 Å². The lowest BCUT2D eigenvalue weighted by Crippen LogP contribution is -2.58. The van der Waals surface area contributed by atoms with Gasteiger partial charge >= 0.3 is 6.03 Å². The highest BCUT2D eigenvalue weighted by atomic mass is 16.2. The van der Waals surface area contributed by atoms with Crippen LogP contribution in [0.5, 0.6) is 0 Å². The molecule has 2 N–H and O–H groups in total. The summed E-state index contributed by atoms with van der Waals surface area (Å²) in [7, 11) is 0. The molecule has 7 heteroatoms. The molecule has 2 fully saturated rings. The van der Waals surface area contributed by atoms with Gasteiger partial charge in [0.1, 0.15) is 17.2 Å². The first-order chi connectivity index (χ1) is 10.4. The first-order valence-corrected chi connectivity index (χ1v) is 7.64. The Hall–Kier alpha value is -2.18. The highest BCUT2D eigenvalue weighted by Crippen LogP contribution is 2.28. The molecular formula is C15H21N5O2. The maximum Gasteiger partial charge on any atom is 0.322 e. The molecule has 22 heavy (non-hydrogen) atoms. The van der Waals surface area contributed by atoms with Gasteiger partial charge in [-0.3, -0.25) is 10.1 Å². The van der Waals surface area contributed by atoms with E-state index in [9.17, 15) is 9.59 Å². The number of nitrogens with zero attached hydrogens (tertiary/aromatic N) is 3. The molecule has 2 saturated heterocycles. The molecule has 0 aliphatic carbocycles. The average molecular weight is 303 g/mol. The molecule has 0 saturated carbocycles. The molecule has 1 unspecified atom stereocenters. The highest BCUT2D eigenvalue weighted by molar-refractivity contribution is 6.07. The maximum atomic E-state index is 12.1. The fourth-order valence-corrected chi connectivity index (χ4v) is 3.06. The largest absolute Gasteiger partial charge is 0.354 e. The van der Waals surface area contributed by atoms with Crippen molar-refractivity contribution in [1.29, 1.82) is 0 Å². The van der Waals surface area contributed by atoms with Crippen LogP contribution in [0.1, 0.15) is 44.1 Å². The minimum atomic E-state index is -0.827. The van der Waals surface area contributed by atoms with Crippen molar-refractivity contribution >= 4 is 17.8 Å². The number of amides is 3. The molecule has 0 aromatic carbocycles. The number of anilines is 1. The van der Waals surface area contributed by atoms with Crippen LogP contribution in [0.25, 0.3) is 0 Å². The van der Waals surface area contributed by atoms with E-state index in [1.165, 1.54) is 0 Å². The summed E-state index contributed by atoms with van der Waals surface area (Å²) >= 11 is 0. The van der Waals surface area contributed by atoms with Gasteiger partial charge in [-0.1, -0.05) is 13.8 Å². The fourth-order valence-electron chi connectivity index (χ4n) is 3.06. The van der Waals surface area contributed by atoms with Crippen molar-refractivity contribution in [3.63, 3.8) is 0 Å². The molecule has 2 aliphatic heterocycles. The molecule has 1 spiro atoms. The lowest BCUT2D eigenvalue weighted by Gasteiger charge is -2.38. The number of aromatic nitrogens is 2. The summed E-state index contributed by atoms with van der Waals surface area (Å²) in [6.45, 7) is 7.32. The zero-order chi connectivity index (χ0) is 15.9. The molecule has 2 aliphatic rings. The predicted molar refractivity (Wildman–Crippen MR) is 81.7 cm³/mol. The first kappa shape index (κ1) is 14.7. The highest BCUT2D eigenvalue weighted by Gasteiger charge is 2.48. The third-order valence-corrected chi connectivity index (χ3v) is 4.21. The molecule has 7 nitrogen and oxygen atoms in total. The number of rotatable bonds is 2. The molecule has 1 aromatic rings. The Balaban J connectivity index is 1.89. The van der Waals surface area contributed by atoms with E-state index in [0.717, 1.165) is 30.3 Å². The minimum absolute atomic E-state index is 0.239. The number of nitrogens with one attached hydrogen (secondary N) is 2. The molecule has 3 amide bonds. The van der Waals surface area contributed by atoms with Gasteiger partial charge in [-0.25, -0.2) is 14.8 Å². The third kappa shape index (κ3) is 2.51. The van der Waals surface area contributed by atoms with E-state index in [1.54, 1.807) is 0 Å². The molecule has 0 bridgehead atoms. The van der Waals surface area contributed by atoms with Crippen LogP contribution in [0.3, 0.4) is 0 Å². The van der Waals surface area contributed by atoms with Gasteiger partial charge < -0.3 is 10.2 Å². The Kier molecular flexibility index (Phi) is 3.50. The van der Waals surface area contributed by atoms with E-state index < -0.39 is 11.6 Å². The molecule has 0 radical (unpaired) electrons. The van der Waals surface area contributed by atoms with Crippen LogP contribution in [0.15, 0.2) is 6.07 Å². The molecule has 3 heterocycles. The molecule has 118 valence electrons. The number of aryl methyl sites for hydroxylation is 1. The van der Waals surface area contributed by atoms with Crippen molar-refractivity contribution in [1.82, 2.24) is 20.6 Å². The van der Waals surface area contributed by atoms with Crippen molar-refractivity contribution in [3.05, 3.63) is 17.6 Å². The van der Waals surface area contributed by atoms with Gasteiger partial charge in [0.05, 0.1) is 6.54 Å². The third-order valence-electron chi connectivity index (χ3n) is 4.21. The van der Waals surface area contributed by atoms with Crippen LogP contribution in [-0.4, -0.2) is 40.5 Å². The summed E-state index contributed by atoms with van der Waals surface area (Å²) in [5.41, 5.74) is 0.0832. The summed E-state index contributed by atoms with van der Waals surface area (Å²) < 4.78 is 0. The smallest absolute Gasteiger partial charge is 0.322 e. The van der Waals surface area contributed by atoms with Crippen molar-refractivity contribution in [2.24, 2.45) is 0 Å². The Morgan fingerprint density at radius 2 is 2.09 bits per heavy atom. The van der Waals surface area contributed by atoms with Crippen LogP contribution in [0.2, 0.25) is 0 Å². The van der Waals surface area contributed by atoms with Crippen molar-refractivity contribution in [3.8, 4) is 0 Å². The van der Waals surface area contributed by atoms with E-state index in [0.29, 0.717) is 13.0 Å². The van der Waals surface area contributed by atoms with Gasteiger partial charge in [-0.15, -0.1) is 0 Å². The van der Waals surface area contributed by atoms with E-state index >= 15 is 0 Å². The van der Waals surface area contributed by atoms with Crippen LogP contribution >= 0.6 is 0 Å². The summed E-state index contributed by atoms with van der Waals surface area (Å²) in [5.74, 6) is 1.63. The zero-order valence-corrected chi connectivity index (χ0v) is 13.1. The number of imide groups is 1. The van der Waals surface area contributed by atoms with Gasteiger partial charge in [-0.05, 0) is 19.8 Å². The zero-order valence-electron chi connectivity index (χ0n) is 13.1. The minimum Gasteiger partial charge on any atom is -0.354 e. The number of hydrogen-bond acceptors (Lipinski definition) is 5. The fraction of sp³-hybridized carbons (Fsp3) is 0.600. The average Bonchev–Trinajstić information content (AvgIpc) is 2.72. The van der Waals surface area contributed by atoms with Crippen LogP contribution in [0, 0.1) is 6.92 Å². The maximum absolute atomic E-state index is 12.1. The van der Waals surface area contributed by atoms with Crippen molar-refractivity contribution in [2.75, 3.05) is 18.0 Å². The SMILES string of the molecule is Cc1cc(N2CCCC3(C2)NC(=O)NC3=O)nc(C(C)C)n1. The molecule has 3 rings (SSSR count). The van der Waals surface area contributed by atoms with Crippen molar-refractivity contribution in [2.45, 2.75) is 45.1 Å².